The molecule has 0 unspecified atom stereocenters. The zero-order chi connectivity index (χ0) is 11.7. The Hall–Kier alpha value is -0.730. The van der Waals surface area contributed by atoms with Gasteiger partial charge in [-0.25, -0.2) is 0 Å². The maximum atomic E-state index is 11.8. The van der Waals surface area contributed by atoms with E-state index in [1.165, 1.54) is 0 Å². The summed E-state index contributed by atoms with van der Waals surface area (Å²) in [5, 5.41) is 8.45. The van der Waals surface area contributed by atoms with Crippen LogP contribution < -0.4 is 5.73 Å². The molecule has 0 aliphatic heterocycles. The van der Waals surface area contributed by atoms with Crippen molar-refractivity contribution in [1.29, 1.82) is 5.26 Å². The molecule has 0 rings (SSSR count). The quantitative estimate of drug-likeness (QED) is 0.702. The van der Waals surface area contributed by atoms with Gasteiger partial charge in [0.1, 0.15) is 0 Å². The van der Waals surface area contributed by atoms with Crippen molar-refractivity contribution in [3.8, 4) is 6.07 Å². The van der Waals surface area contributed by atoms with Crippen LogP contribution in [0.5, 0.6) is 0 Å². The minimum Gasteiger partial charge on any atom is -0.341 e. The number of carbonyl (C=O) groups is 1. The second kappa shape index (κ2) is 8.57. The number of nitrogens with zero attached hydrogens (tertiary/aromatic N) is 2. The van der Waals surface area contributed by atoms with Crippen LogP contribution in [-0.4, -0.2) is 41.9 Å². The molecule has 0 bridgehead atoms. The lowest BCUT2D eigenvalue weighted by Crippen LogP contribution is -2.44. The van der Waals surface area contributed by atoms with E-state index in [1.54, 1.807) is 16.7 Å². The molecule has 0 aromatic rings. The van der Waals surface area contributed by atoms with Crippen molar-refractivity contribution in [1.82, 2.24) is 4.90 Å². The molecular formula is C10H19N3OS. The first-order chi connectivity index (χ1) is 7.17. The Morgan fingerprint density at radius 3 is 2.80 bits per heavy atom. The molecule has 86 valence electrons. The minimum absolute atomic E-state index is 0.0400. The number of rotatable bonds is 7. The van der Waals surface area contributed by atoms with Gasteiger partial charge in [0.25, 0.3) is 0 Å². The van der Waals surface area contributed by atoms with Crippen LogP contribution in [0.25, 0.3) is 0 Å². The first kappa shape index (κ1) is 14.3. The van der Waals surface area contributed by atoms with Crippen molar-refractivity contribution < 1.29 is 4.79 Å². The number of carbonyl (C=O) groups excluding carboxylic acids is 1. The van der Waals surface area contributed by atoms with Crippen molar-refractivity contribution in [3.63, 3.8) is 0 Å². The van der Waals surface area contributed by atoms with Crippen LogP contribution >= 0.6 is 11.8 Å². The highest BCUT2D eigenvalue weighted by atomic mass is 32.2. The molecule has 0 fully saturated rings. The third kappa shape index (κ3) is 5.65. The molecule has 0 saturated heterocycles. The smallest absolute Gasteiger partial charge is 0.239 e. The van der Waals surface area contributed by atoms with Crippen LogP contribution in [0.2, 0.25) is 0 Å². The summed E-state index contributed by atoms with van der Waals surface area (Å²) in [7, 11) is 0. The van der Waals surface area contributed by atoms with E-state index in [-0.39, 0.29) is 5.91 Å². The summed E-state index contributed by atoms with van der Waals surface area (Å²) in [5.74, 6) is 0.852. The first-order valence-electron chi connectivity index (χ1n) is 5.07. The summed E-state index contributed by atoms with van der Waals surface area (Å²) in [6.07, 6.45) is 3.06. The second-order valence-corrected chi connectivity index (χ2v) is 4.20. The van der Waals surface area contributed by atoms with E-state index in [1.807, 2.05) is 19.2 Å². The fraction of sp³-hybridized carbons (Fsp3) is 0.800. The summed E-state index contributed by atoms with van der Waals surface area (Å²) in [6, 6.07) is 1.61. The predicted molar refractivity (Wildman–Crippen MR) is 63.5 cm³/mol. The molecule has 1 amide bonds. The molecule has 4 nitrogen and oxygen atoms in total. The lowest BCUT2D eigenvalue weighted by Gasteiger charge is -2.23. The van der Waals surface area contributed by atoms with Gasteiger partial charge < -0.3 is 10.6 Å². The Balaban J connectivity index is 4.07. The van der Waals surface area contributed by atoms with Crippen molar-refractivity contribution in [2.24, 2.45) is 5.73 Å². The maximum absolute atomic E-state index is 11.8. The molecule has 2 N–H and O–H groups in total. The average molecular weight is 229 g/mol. The van der Waals surface area contributed by atoms with Gasteiger partial charge in [-0.2, -0.15) is 17.0 Å². The minimum atomic E-state index is -0.420. The monoisotopic (exact) mass is 229 g/mol. The summed E-state index contributed by atoms with van der Waals surface area (Å²) in [6.45, 7) is 3.00. The fourth-order valence-corrected chi connectivity index (χ4v) is 1.70. The van der Waals surface area contributed by atoms with Gasteiger partial charge in [0.05, 0.1) is 18.5 Å². The van der Waals surface area contributed by atoms with Gasteiger partial charge in [-0.1, -0.05) is 0 Å². The molecule has 1 atom stereocenters. The number of likely N-dealkylation sites (N-methyl/N-ethyl adjacent to an activating group) is 1. The Morgan fingerprint density at radius 2 is 2.33 bits per heavy atom. The standard InChI is InChI=1S/C10H19N3OS/c1-3-13(7-4-6-11)10(14)9(12)5-8-15-2/h9H,3-5,7-8,12H2,1-2H3/t9-/m1/s1. The molecule has 0 aliphatic rings. The topological polar surface area (TPSA) is 70.1 Å². The molecule has 5 heteroatoms. The van der Waals surface area contributed by atoms with Gasteiger partial charge in [0, 0.05) is 13.1 Å². The molecule has 0 heterocycles. The molecule has 0 aromatic carbocycles. The van der Waals surface area contributed by atoms with E-state index >= 15 is 0 Å². The molecule has 0 spiro atoms. The molecule has 0 aromatic heterocycles. The molecule has 0 aliphatic carbocycles. The lowest BCUT2D eigenvalue weighted by atomic mass is 10.2. The van der Waals surface area contributed by atoms with Gasteiger partial charge >= 0.3 is 0 Å². The zero-order valence-electron chi connectivity index (χ0n) is 9.40. The third-order valence-electron chi connectivity index (χ3n) is 2.14. The number of hydrogen-bond donors (Lipinski definition) is 1. The second-order valence-electron chi connectivity index (χ2n) is 3.21. The average Bonchev–Trinajstić information content (AvgIpc) is 2.26. The van der Waals surface area contributed by atoms with Gasteiger partial charge in [0.15, 0.2) is 0 Å². The highest BCUT2D eigenvalue weighted by Gasteiger charge is 2.18. The highest BCUT2D eigenvalue weighted by molar-refractivity contribution is 7.98. The van der Waals surface area contributed by atoms with Gasteiger partial charge in [-0.3, -0.25) is 4.79 Å². The first-order valence-corrected chi connectivity index (χ1v) is 6.47. The van der Waals surface area contributed by atoms with Gasteiger partial charge in [-0.15, -0.1) is 0 Å². The number of hydrogen-bond acceptors (Lipinski definition) is 4. The van der Waals surface area contributed by atoms with Crippen LogP contribution in [0, 0.1) is 11.3 Å². The summed E-state index contributed by atoms with van der Waals surface area (Å²) >= 11 is 1.68. The number of thioether (sulfide) groups is 1. The van der Waals surface area contributed by atoms with Gasteiger partial charge in [0.2, 0.25) is 5.91 Å². The van der Waals surface area contributed by atoms with E-state index in [0.29, 0.717) is 25.9 Å². The maximum Gasteiger partial charge on any atom is 0.239 e. The summed E-state index contributed by atoms with van der Waals surface area (Å²) in [5.41, 5.74) is 5.76. The molecular weight excluding hydrogens is 210 g/mol. The van der Waals surface area contributed by atoms with Crippen LogP contribution in [0.3, 0.4) is 0 Å². The van der Waals surface area contributed by atoms with E-state index in [4.69, 9.17) is 11.0 Å². The third-order valence-corrected chi connectivity index (χ3v) is 2.78. The zero-order valence-corrected chi connectivity index (χ0v) is 10.2. The van der Waals surface area contributed by atoms with Gasteiger partial charge in [-0.05, 0) is 25.4 Å². The Labute approximate surface area is 95.8 Å². The Kier molecular flexibility index (Phi) is 8.15. The van der Waals surface area contributed by atoms with E-state index in [2.05, 4.69) is 0 Å². The largest absolute Gasteiger partial charge is 0.341 e. The van der Waals surface area contributed by atoms with E-state index in [0.717, 1.165) is 5.75 Å². The van der Waals surface area contributed by atoms with E-state index in [9.17, 15) is 4.79 Å². The van der Waals surface area contributed by atoms with Crippen molar-refractivity contribution in [2.45, 2.75) is 25.8 Å². The normalized spacial score (nSPS) is 11.9. The summed E-state index contributed by atoms with van der Waals surface area (Å²) < 4.78 is 0. The highest BCUT2D eigenvalue weighted by Crippen LogP contribution is 2.03. The number of nitrogens with two attached hydrogens (primary N) is 1. The fourth-order valence-electron chi connectivity index (χ4n) is 1.21. The Morgan fingerprint density at radius 1 is 1.67 bits per heavy atom. The van der Waals surface area contributed by atoms with Crippen LogP contribution in [0.15, 0.2) is 0 Å². The Bertz CT molecular complexity index is 227. The van der Waals surface area contributed by atoms with Crippen molar-refractivity contribution in [2.75, 3.05) is 25.1 Å². The van der Waals surface area contributed by atoms with Crippen molar-refractivity contribution >= 4 is 17.7 Å². The molecule has 0 saturated carbocycles. The van der Waals surface area contributed by atoms with E-state index < -0.39 is 6.04 Å². The number of nitriles is 1. The van der Waals surface area contributed by atoms with Crippen LogP contribution in [-0.2, 0) is 4.79 Å². The SMILES string of the molecule is CCN(CCC#N)C(=O)[C@H](N)CCSC. The number of amides is 1. The molecule has 0 radical (unpaired) electrons. The van der Waals surface area contributed by atoms with Crippen LogP contribution in [0.1, 0.15) is 19.8 Å². The van der Waals surface area contributed by atoms with Crippen molar-refractivity contribution in [3.05, 3.63) is 0 Å². The molecule has 15 heavy (non-hydrogen) atoms. The lowest BCUT2D eigenvalue weighted by molar-refractivity contribution is -0.132. The predicted octanol–water partition coefficient (Wildman–Crippen LogP) is 0.829. The van der Waals surface area contributed by atoms with Crippen LogP contribution in [0.4, 0.5) is 0 Å². The summed E-state index contributed by atoms with van der Waals surface area (Å²) in [4.78, 5) is 13.4.